The van der Waals surface area contributed by atoms with Gasteiger partial charge in [-0.1, -0.05) is 18.2 Å². The van der Waals surface area contributed by atoms with Crippen LogP contribution in [0, 0.1) is 6.92 Å². The van der Waals surface area contributed by atoms with Crippen molar-refractivity contribution in [2.45, 2.75) is 19.8 Å². The quantitative estimate of drug-likeness (QED) is 0.797. The molecule has 0 aliphatic carbocycles. The van der Waals surface area contributed by atoms with Gasteiger partial charge >= 0.3 is 5.97 Å². The summed E-state index contributed by atoms with van der Waals surface area (Å²) < 4.78 is 5.72. The fraction of sp³-hybridized carbons (Fsp3) is 0.375. The maximum Gasteiger partial charge on any atom is 0.305 e. The van der Waals surface area contributed by atoms with Crippen LogP contribution in [-0.4, -0.2) is 37.5 Å². The van der Waals surface area contributed by atoms with Gasteiger partial charge in [0.15, 0.2) is 0 Å². The predicted octanol–water partition coefficient (Wildman–Crippen LogP) is 3.23. The number of esters is 1. The zero-order chi connectivity index (χ0) is 15.4. The minimum atomic E-state index is -0.242. The van der Waals surface area contributed by atoms with Crippen LogP contribution >= 0.6 is 11.3 Å². The summed E-state index contributed by atoms with van der Waals surface area (Å²) >= 11 is 1.52. The number of rotatable bonds is 5. The van der Waals surface area contributed by atoms with Crippen LogP contribution in [0.1, 0.15) is 28.1 Å². The Morgan fingerprint density at radius 3 is 2.67 bits per heavy atom. The average Bonchev–Trinajstić information content (AvgIpc) is 2.83. The van der Waals surface area contributed by atoms with E-state index in [4.69, 9.17) is 0 Å². The number of fused-ring (bicyclic) bond motifs is 1. The number of aryl methyl sites for hydroxylation is 1. The summed E-state index contributed by atoms with van der Waals surface area (Å²) in [5, 5.41) is 1.13. The van der Waals surface area contributed by atoms with Crippen molar-refractivity contribution in [2.24, 2.45) is 0 Å². The number of thiophene rings is 1. The lowest BCUT2D eigenvalue weighted by Gasteiger charge is -2.16. The van der Waals surface area contributed by atoms with Crippen LogP contribution in [0.2, 0.25) is 0 Å². The van der Waals surface area contributed by atoms with Crippen molar-refractivity contribution in [2.75, 3.05) is 20.7 Å². The fourth-order valence-corrected chi connectivity index (χ4v) is 3.42. The third-order valence-electron chi connectivity index (χ3n) is 3.49. The molecule has 0 spiro atoms. The lowest BCUT2D eigenvalue weighted by Crippen LogP contribution is -2.28. The molecule has 21 heavy (non-hydrogen) atoms. The first kappa shape index (κ1) is 15.5. The Bertz CT molecular complexity index is 663. The van der Waals surface area contributed by atoms with E-state index in [1.165, 1.54) is 18.4 Å². The number of benzene rings is 1. The summed E-state index contributed by atoms with van der Waals surface area (Å²) in [6.45, 7) is 2.52. The molecule has 112 valence electrons. The summed E-state index contributed by atoms with van der Waals surface area (Å²) in [5.74, 6) is -0.229. The highest BCUT2D eigenvalue weighted by molar-refractivity contribution is 7.21. The molecule has 5 heteroatoms. The number of hydrogen-bond donors (Lipinski definition) is 0. The Labute approximate surface area is 128 Å². The van der Waals surface area contributed by atoms with Crippen molar-refractivity contribution in [3.63, 3.8) is 0 Å². The standard InChI is InChI=1S/C16H19NO3S/c1-11-12-7-4-5-8-13(12)21-15(11)16(19)17(2)10-6-9-14(18)20-3/h4-5,7-8H,6,9-10H2,1-3H3. The van der Waals surface area contributed by atoms with E-state index in [0.717, 1.165) is 20.5 Å². The Morgan fingerprint density at radius 2 is 2.00 bits per heavy atom. The maximum absolute atomic E-state index is 12.5. The van der Waals surface area contributed by atoms with Crippen molar-refractivity contribution in [3.8, 4) is 0 Å². The van der Waals surface area contributed by atoms with Crippen LogP contribution in [0.25, 0.3) is 10.1 Å². The van der Waals surface area contributed by atoms with Gasteiger partial charge < -0.3 is 9.64 Å². The maximum atomic E-state index is 12.5. The number of nitrogens with zero attached hydrogens (tertiary/aromatic N) is 1. The Kier molecular flexibility index (Phi) is 4.96. The molecule has 0 unspecified atom stereocenters. The SMILES string of the molecule is COC(=O)CCCN(C)C(=O)c1sc2ccccc2c1C. The number of ether oxygens (including phenoxy) is 1. The second kappa shape index (κ2) is 6.72. The van der Waals surface area contributed by atoms with Crippen LogP contribution in [0.15, 0.2) is 24.3 Å². The summed E-state index contributed by atoms with van der Waals surface area (Å²) in [7, 11) is 3.14. The number of methoxy groups -OCH3 is 1. The molecule has 2 aromatic rings. The second-order valence-electron chi connectivity index (χ2n) is 4.96. The van der Waals surface area contributed by atoms with Crippen LogP contribution in [-0.2, 0) is 9.53 Å². The monoisotopic (exact) mass is 305 g/mol. The minimum absolute atomic E-state index is 0.0126. The normalized spacial score (nSPS) is 10.6. The molecule has 0 saturated carbocycles. The van der Waals surface area contributed by atoms with Gasteiger partial charge in [-0.25, -0.2) is 0 Å². The lowest BCUT2D eigenvalue weighted by atomic mass is 10.1. The van der Waals surface area contributed by atoms with Gasteiger partial charge in [-0.15, -0.1) is 11.3 Å². The summed E-state index contributed by atoms with van der Waals surface area (Å²) in [5.41, 5.74) is 1.03. The number of carbonyl (C=O) groups is 2. The van der Waals surface area contributed by atoms with E-state index in [0.29, 0.717) is 19.4 Å². The van der Waals surface area contributed by atoms with Gasteiger partial charge in [-0.05, 0) is 30.4 Å². The summed E-state index contributed by atoms with van der Waals surface area (Å²) in [6.07, 6.45) is 0.943. The first-order chi connectivity index (χ1) is 10.0. The zero-order valence-electron chi connectivity index (χ0n) is 12.5. The Hall–Kier alpha value is -1.88. The van der Waals surface area contributed by atoms with E-state index in [1.807, 2.05) is 31.2 Å². The van der Waals surface area contributed by atoms with Gasteiger partial charge in [0, 0.05) is 24.7 Å². The smallest absolute Gasteiger partial charge is 0.305 e. The highest BCUT2D eigenvalue weighted by Crippen LogP contribution is 2.31. The van der Waals surface area contributed by atoms with Crippen molar-refractivity contribution in [3.05, 3.63) is 34.7 Å². The van der Waals surface area contributed by atoms with Crippen LogP contribution in [0.5, 0.6) is 0 Å². The van der Waals surface area contributed by atoms with Gasteiger partial charge in [-0.3, -0.25) is 9.59 Å². The van der Waals surface area contributed by atoms with E-state index >= 15 is 0 Å². The molecule has 0 aliphatic rings. The van der Waals surface area contributed by atoms with Crippen LogP contribution < -0.4 is 0 Å². The van der Waals surface area contributed by atoms with Gasteiger partial charge in [-0.2, -0.15) is 0 Å². The minimum Gasteiger partial charge on any atom is -0.469 e. The summed E-state index contributed by atoms with van der Waals surface area (Å²) in [6, 6.07) is 8.03. The summed E-state index contributed by atoms with van der Waals surface area (Å²) in [4.78, 5) is 26.0. The zero-order valence-corrected chi connectivity index (χ0v) is 13.3. The Morgan fingerprint density at radius 1 is 1.29 bits per heavy atom. The first-order valence-electron chi connectivity index (χ1n) is 6.85. The molecule has 0 N–H and O–H groups in total. The van der Waals surface area contributed by atoms with E-state index < -0.39 is 0 Å². The second-order valence-corrected chi connectivity index (χ2v) is 6.01. The molecule has 1 heterocycles. The average molecular weight is 305 g/mol. The molecule has 0 aliphatic heterocycles. The third-order valence-corrected chi connectivity index (χ3v) is 4.75. The van der Waals surface area contributed by atoms with E-state index in [9.17, 15) is 9.59 Å². The van der Waals surface area contributed by atoms with E-state index in [-0.39, 0.29) is 11.9 Å². The third kappa shape index (κ3) is 3.42. The van der Waals surface area contributed by atoms with Crippen molar-refractivity contribution in [1.82, 2.24) is 4.90 Å². The fourth-order valence-electron chi connectivity index (χ4n) is 2.22. The van der Waals surface area contributed by atoms with Crippen LogP contribution in [0.4, 0.5) is 0 Å². The molecular weight excluding hydrogens is 286 g/mol. The predicted molar refractivity (Wildman–Crippen MR) is 84.8 cm³/mol. The molecule has 0 radical (unpaired) electrons. The van der Waals surface area contributed by atoms with Gasteiger partial charge in [0.2, 0.25) is 0 Å². The van der Waals surface area contributed by atoms with E-state index in [1.54, 1.807) is 11.9 Å². The molecule has 0 fully saturated rings. The molecule has 1 amide bonds. The Balaban J connectivity index is 2.07. The largest absolute Gasteiger partial charge is 0.469 e. The van der Waals surface area contributed by atoms with Crippen molar-refractivity contribution < 1.29 is 14.3 Å². The molecule has 1 aromatic carbocycles. The molecule has 0 bridgehead atoms. The number of carbonyl (C=O) groups excluding carboxylic acids is 2. The van der Waals surface area contributed by atoms with Crippen LogP contribution in [0.3, 0.4) is 0 Å². The number of amides is 1. The lowest BCUT2D eigenvalue weighted by molar-refractivity contribution is -0.140. The molecule has 2 rings (SSSR count). The van der Waals surface area contributed by atoms with Gasteiger partial charge in [0.25, 0.3) is 5.91 Å². The van der Waals surface area contributed by atoms with Gasteiger partial charge in [0.1, 0.15) is 0 Å². The highest BCUT2D eigenvalue weighted by Gasteiger charge is 2.18. The molecule has 0 atom stereocenters. The molecule has 4 nitrogen and oxygen atoms in total. The van der Waals surface area contributed by atoms with Gasteiger partial charge in [0.05, 0.1) is 12.0 Å². The molecule has 1 aromatic heterocycles. The highest BCUT2D eigenvalue weighted by atomic mass is 32.1. The number of hydrogen-bond acceptors (Lipinski definition) is 4. The first-order valence-corrected chi connectivity index (χ1v) is 7.66. The molecular formula is C16H19NO3S. The van der Waals surface area contributed by atoms with E-state index in [2.05, 4.69) is 4.74 Å². The van der Waals surface area contributed by atoms with Crippen molar-refractivity contribution >= 4 is 33.3 Å². The van der Waals surface area contributed by atoms with Crippen molar-refractivity contribution in [1.29, 1.82) is 0 Å². The molecule has 0 saturated heterocycles. The topological polar surface area (TPSA) is 46.6 Å².